The van der Waals surface area contributed by atoms with Gasteiger partial charge in [-0.25, -0.2) is 0 Å². The van der Waals surface area contributed by atoms with Crippen LogP contribution in [0.5, 0.6) is 0 Å². The first-order chi connectivity index (χ1) is 6.97. The standard InChI is InChI=1S/C11H21NO2S/c1-8(2)14-11(13)7-12-5-9(3)15-10(4)6-12/h8-10H,5-7H2,1-4H3. The van der Waals surface area contributed by atoms with E-state index in [2.05, 4.69) is 18.7 Å². The van der Waals surface area contributed by atoms with Crippen molar-refractivity contribution in [2.45, 2.75) is 44.3 Å². The zero-order valence-corrected chi connectivity index (χ0v) is 10.8. The minimum atomic E-state index is -0.101. The first-order valence-corrected chi connectivity index (χ1v) is 6.49. The van der Waals surface area contributed by atoms with Crippen LogP contribution in [0.3, 0.4) is 0 Å². The number of rotatable bonds is 3. The normalized spacial score (nSPS) is 28.1. The van der Waals surface area contributed by atoms with Gasteiger partial charge in [0.15, 0.2) is 0 Å². The number of thioether (sulfide) groups is 1. The molecule has 88 valence electrons. The Bertz CT molecular complexity index is 211. The molecule has 4 heteroatoms. The molecular weight excluding hydrogens is 210 g/mol. The second-order valence-electron chi connectivity index (χ2n) is 4.49. The SMILES string of the molecule is CC(C)OC(=O)CN1CC(C)SC(C)C1. The fraction of sp³-hybridized carbons (Fsp3) is 0.909. The Hall–Kier alpha value is -0.220. The van der Waals surface area contributed by atoms with Gasteiger partial charge in [0, 0.05) is 23.6 Å². The third-order valence-electron chi connectivity index (χ3n) is 2.22. The number of nitrogens with zero attached hydrogens (tertiary/aromatic N) is 1. The van der Waals surface area contributed by atoms with Gasteiger partial charge in [-0.05, 0) is 13.8 Å². The van der Waals surface area contributed by atoms with Gasteiger partial charge in [-0.3, -0.25) is 9.69 Å². The summed E-state index contributed by atoms with van der Waals surface area (Å²) in [5, 5.41) is 1.22. The zero-order valence-electron chi connectivity index (χ0n) is 10.0. The van der Waals surface area contributed by atoms with E-state index in [4.69, 9.17) is 4.74 Å². The van der Waals surface area contributed by atoms with E-state index < -0.39 is 0 Å². The Balaban J connectivity index is 2.34. The van der Waals surface area contributed by atoms with Gasteiger partial charge < -0.3 is 4.74 Å². The van der Waals surface area contributed by atoms with Crippen molar-refractivity contribution >= 4 is 17.7 Å². The molecule has 0 spiro atoms. The van der Waals surface area contributed by atoms with Crippen molar-refractivity contribution in [3.8, 4) is 0 Å². The quantitative estimate of drug-likeness (QED) is 0.692. The summed E-state index contributed by atoms with van der Waals surface area (Å²) in [4.78, 5) is 13.7. The van der Waals surface area contributed by atoms with Crippen molar-refractivity contribution in [3.63, 3.8) is 0 Å². The molecule has 1 fully saturated rings. The van der Waals surface area contributed by atoms with E-state index in [1.54, 1.807) is 0 Å². The third kappa shape index (κ3) is 4.89. The van der Waals surface area contributed by atoms with Crippen molar-refractivity contribution in [2.24, 2.45) is 0 Å². The molecule has 1 aliphatic heterocycles. The fourth-order valence-corrected chi connectivity index (χ4v) is 3.28. The third-order valence-corrected chi connectivity index (χ3v) is 3.44. The van der Waals surface area contributed by atoms with E-state index in [0.717, 1.165) is 13.1 Å². The molecule has 1 rings (SSSR count). The molecule has 0 aromatic carbocycles. The highest BCUT2D eigenvalue weighted by atomic mass is 32.2. The predicted molar refractivity (Wildman–Crippen MR) is 64.2 cm³/mol. The van der Waals surface area contributed by atoms with Crippen LogP contribution < -0.4 is 0 Å². The molecule has 0 N–H and O–H groups in total. The molecule has 1 saturated heterocycles. The Labute approximate surface area is 96.5 Å². The predicted octanol–water partition coefficient (Wildman–Crippen LogP) is 1.76. The van der Waals surface area contributed by atoms with Crippen LogP contribution in [0.2, 0.25) is 0 Å². The molecule has 3 nitrogen and oxygen atoms in total. The van der Waals surface area contributed by atoms with Gasteiger partial charge in [-0.15, -0.1) is 0 Å². The van der Waals surface area contributed by atoms with E-state index in [-0.39, 0.29) is 12.1 Å². The highest BCUT2D eigenvalue weighted by molar-refractivity contribution is 8.00. The number of carbonyl (C=O) groups excluding carboxylic acids is 1. The summed E-state index contributed by atoms with van der Waals surface area (Å²) >= 11 is 1.99. The number of esters is 1. The lowest BCUT2D eigenvalue weighted by atomic mass is 10.3. The maximum absolute atomic E-state index is 11.5. The Morgan fingerprint density at radius 1 is 1.40 bits per heavy atom. The van der Waals surface area contributed by atoms with E-state index in [0.29, 0.717) is 17.0 Å². The summed E-state index contributed by atoms with van der Waals surface area (Å²) in [6, 6.07) is 0. The number of hydrogen-bond donors (Lipinski definition) is 0. The summed E-state index contributed by atoms with van der Waals surface area (Å²) in [7, 11) is 0. The van der Waals surface area contributed by atoms with Crippen LogP contribution >= 0.6 is 11.8 Å². The zero-order chi connectivity index (χ0) is 11.4. The lowest BCUT2D eigenvalue weighted by Crippen LogP contribution is -2.43. The van der Waals surface area contributed by atoms with Crippen LogP contribution in [-0.4, -0.2) is 47.1 Å². The summed E-state index contributed by atoms with van der Waals surface area (Å²) in [6.07, 6.45) is -0.00786. The molecule has 0 radical (unpaired) electrons. The van der Waals surface area contributed by atoms with Crippen LogP contribution in [0.15, 0.2) is 0 Å². The average Bonchev–Trinajstić information content (AvgIpc) is 1.98. The van der Waals surface area contributed by atoms with Gasteiger partial charge in [0.2, 0.25) is 0 Å². The minimum Gasteiger partial charge on any atom is -0.462 e. The monoisotopic (exact) mass is 231 g/mol. The molecule has 1 aliphatic rings. The molecule has 1 heterocycles. The van der Waals surface area contributed by atoms with Crippen LogP contribution in [0, 0.1) is 0 Å². The second kappa shape index (κ2) is 5.75. The lowest BCUT2D eigenvalue weighted by Gasteiger charge is -2.33. The number of hydrogen-bond acceptors (Lipinski definition) is 4. The molecule has 0 aromatic rings. The highest BCUT2D eigenvalue weighted by Crippen LogP contribution is 2.24. The molecule has 15 heavy (non-hydrogen) atoms. The maximum atomic E-state index is 11.5. The van der Waals surface area contributed by atoms with Crippen LogP contribution in [0.4, 0.5) is 0 Å². The maximum Gasteiger partial charge on any atom is 0.320 e. The topological polar surface area (TPSA) is 29.5 Å². The van der Waals surface area contributed by atoms with Crippen LogP contribution in [-0.2, 0) is 9.53 Å². The van der Waals surface area contributed by atoms with Gasteiger partial charge >= 0.3 is 5.97 Å². The number of ether oxygens (including phenoxy) is 1. The largest absolute Gasteiger partial charge is 0.462 e. The minimum absolute atomic E-state index is 0.00786. The van der Waals surface area contributed by atoms with Crippen molar-refractivity contribution in [1.29, 1.82) is 0 Å². The van der Waals surface area contributed by atoms with E-state index >= 15 is 0 Å². The summed E-state index contributed by atoms with van der Waals surface area (Å²) in [6.45, 7) is 10.6. The Kier molecular flexibility index (Phi) is 4.93. The lowest BCUT2D eigenvalue weighted by molar-refractivity contribution is -0.148. The van der Waals surface area contributed by atoms with Crippen LogP contribution in [0.1, 0.15) is 27.7 Å². The van der Waals surface area contributed by atoms with Crippen LogP contribution in [0.25, 0.3) is 0 Å². The van der Waals surface area contributed by atoms with Crippen molar-refractivity contribution < 1.29 is 9.53 Å². The molecule has 0 aliphatic carbocycles. The molecule has 2 atom stereocenters. The van der Waals surface area contributed by atoms with E-state index in [9.17, 15) is 4.79 Å². The molecule has 0 bridgehead atoms. The van der Waals surface area contributed by atoms with Crippen molar-refractivity contribution in [3.05, 3.63) is 0 Å². The molecule has 0 aromatic heterocycles. The summed E-state index contributed by atoms with van der Waals surface area (Å²) < 4.78 is 5.14. The van der Waals surface area contributed by atoms with E-state index in [1.165, 1.54) is 0 Å². The Morgan fingerprint density at radius 3 is 2.40 bits per heavy atom. The van der Waals surface area contributed by atoms with Gasteiger partial charge in [0.05, 0.1) is 12.6 Å². The van der Waals surface area contributed by atoms with Gasteiger partial charge in [0.25, 0.3) is 0 Å². The van der Waals surface area contributed by atoms with Gasteiger partial charge in [-0.2, -0.15) is 11.8 Å². The van der Waals surface area contributed by atoms with Crippen molar-refractivity contribution in [2.75, 3.05) is 19.6 Å². The fourth-order valence-electron chi connectivity index (χ4n) is 1.90. The smallest absolute Gasteiger partial charge is 0.320 e. The Morgan fingerprint density at radius 2 is 1.93 bits per heavy atom. The first-order valence-electron chi connectivity index (χ1n) is 5.54. The molecule has 0 amide bonds. The number of carbonyl (C=O) groups is 1. The second-order valence-corrected chi connectivity index (χ2v) is 6.37. The van der Waals surface area contributed by atoms with Gasteiger partial charge in [-0.1, -0.05) is 13.8 Å². The van der Waals surface area contributed by atoms with Gasteiger partial charge in [0.1, 0.15) is 0 Å². The average molecular weight is 231 g/mol. The molecule has 0 saturated carbocycles. The molecular formula is C11H21NO2S. The molecule has 2 unspecified atom stereocenters. The first kappa shape index (κ1) is 12.8. The van der Waals surface area contributed by atoms with E-state index in [1.807, 2.05) is 25.6 Å². The highest BCUT2D eigenvalue weighted by Gasteiger charge is 2.24. The summed E-state index contributed by atoms with van der Waals surface area (Å²) in [5.41, 5.74) is 0. The summed E-state index contributed by atoms with van der Waals surface area (Å²) in [5.74, 6) is -0.101. The van der Waals surface area contributed by atoms with Crippen molar-refractivity contribution in [1.82, 2.24) is 4.90 Å².